The van der Waals surface area contributed by atoms with Crippen LogP contribution in [0.3, 0.4) is 0 Å². The largest absolute Gasteiger partial charge is 0.465 e. The second-order valence-electron chi connectivity index (χ2n) is 8.33. The lowest BCUT2D eigenvalue weighted by Gasteiger charge is -2.27. The summed E-state index contributed by atoms with van der Waals surface area (Å²) in [4.78, 5) is 75.6. The van der Waals surface area contributed by atoms with Crippen molar-refractivity contribution in [1.29, 1.82) is 0 Å². The van der Waals surface area contributed by atoms with Crippen LogP contribution in [0, 0.1) is 10.8 Å². The highest BCUT2D eigenvalue weighted by Crippen LogP contribution is 2.28. The van der Waals surface area contributed by atoms with Gasteiger partial charge in [0.15, 0.2) is 0 Å². The molecule has 0 saturated heterocycles. The minimum absolute atomic E-state index is 0.0166. The molecule has 0 aliphatic rings. The van der Waals surface area contributed by atoms with Gasteiger partial charge in [-0.3, -0.25) is 28.8 Å². The average Bonchev–Trinajstić information content (AvgIpc) is 2.87. The van der Waals surface area contributed by atoms with Gasteiger partial charge in [0, 0.05) is 13.1 Å². The molecule has 0 rings (SSSR count). The molecule has 0 aliphatic heterocycles. The number of hydrogen-bond donors (Lipinski definition) is 2. The van der Waals surface area contributed by atoms with Crippen molar-refractivity contribution >= 4 is 35.7 Å². The first-order valence-electron chi connectivity index (χ1n) is 13.4. The molecule has 2 N–H and O–H groups in total. The summed E-state index contributed by atoms with van der Waals surface area (Å²) < 4.78 is 19.9. The van der Waals surface area contributed by atoms with Gasteiger partial charge in [-0.1, -0.05) is 26.7 Å². The third-order valence-corrected chi connectivity index (χ3v) is 6.01. The average molecular weight is 545 g/mol. The first kappa shape index (κ1) is 34.8. The smallest absolute Gasteiger partial charge is 0.333 e. The van der Waals surface area contributed by atoms with Crippen LogP contribution in [0.15, 0.2) is 0 Å². The Morgan fingerprint density at radius 2 is 0.737 bits per heavy atom. The minimum Gasteiger partial charge on any atom is -0.465 e. The normalized spacial score (nSPS) is 11.2. The van der Waals surface area contributed by atoms with Gasteiger partial charge >= 0.3 is 23.9 Å². The van der Waals surface area contributed by atoms with E-state index in [0.29, 0.717) is 25.7 Å². The molecular weight excluding hydrogens is 500 g/mol. The molecule has 0 unspecified atom stereocenters. The standard InChI is InChI=1S/C26H44N2O10/c1-7-25(21(31)35-9-3,22(32)36-10-4)19(29)27-17-15-13-14-16-18-28-20(30)26(8-2,23(33)37-11-5)24(34)38-12-6/h7-18H2,1-6H3,(H,27,29)(H,28,30). The summed E-state index contributed by atoms with van der Waals surface area (Å²) in [7, 11) is 0. The quantitative estimate of drug-likeness (QED) is 0.106. The van der Waals surface area contributed by atoms with Crippen molar-refractivity contribution in [3.63, 3.8) is 0 Å². The zero-order valence-electron chi connectivity index (χ0n) is 23.6. The number of hydrogen-bond acceptors (Lipinski definition) is 10. The predicted octanol–water partition coefficient (Wildman–Crippen LogP) is 1.82. The third kappa shape index (κ3) is 8.70. The molecule has 0 fully saturated rings. The summed E-state index contributed by atoms with van der Waals surface area (Å²) in [5.74, 6) is -5.30. The zero-order chi connectivity index (χ0) is 29.2. The van der Waals surface area contributed by atoms with Crippen molar-refractivity contribution in [3.05, 3.63) is 0 Å². The molecule has 12 heteroatoms. The van der Waals surface area contributed by atoms with Gasteiger partial charge in [-0.25, -0.2) is 0 Å². The maximum absolute atomic E-state index is 12.8. The Kier molecular flexibility index (Phi) is 16.6. The summed E-state index contributed by atoms with van der Waals surface area (Å²) in [5.41, 5.74) is -4.11. The number of ether oxygens (including phenoxy) is 4. The lowest BCUT2D eigenvalue weighted by Crippen LogP contribution is -2.53. The van der Waals surface area contributed by atoms with Crippen LogP contribution in [0.25, 0.3) is 0 Å². The maximum Gasteiger partial charge on any atom is 0.333 e. The van der Waals surface area contributed by atoms with Gasteiger partial charge in [0.1, 0.15) is 0 Å². The molecule has 0 aliphatic carbocycles. The van der Waals surface area contributed by atoms with E-state index in [4.69, 9.17) is 18.9 Å². The molecule has 0 saturated carbocycles. The van der Waals surface area contributed by atoms with E-state index in [-0.39, 0.29) is 52.4 Å². The first-order chi connectivity index (χ1) is 18.1. The first-order valence-corrected chi connectivity index (χ1v) is 13.4. The molecule has 0 bridgehead atoms. The fraction of sp³-hybridized carbons (Fsp3) is 0.769. The van der Waals surface area contributed by atoms with Crippen LogP contribution < -0.4 is 10.6 Å². The summed E-state index contributed by atoms with van der Waals surface area (Å²) >= 11 is 0. The molecule has 12 nitrogen and oxygen atoms in total. The summed E-state index contributed by atoms with van der Waals surface area (Å²) in [6.07, 6.45) is 2.23. The maximum atomic E-state index is 12.8. The van der Waals surface area contributed by atoms with E-state index in [0.717, 1.165) is 0 Å². The number of nitrogens with one attached hydrogen (secondary N) is 2. The Morgan fingerprint density at radius 3 is 0.947 bits per heavy atom. The predicted molar refractivity (Wildman–Crippen MR) is 136 cm³/mol. The second kappa shape index (κ2) is 18.1. The van der Waals surface area contributed by atoms with Gasteiger partial charge in [0.05, 0.1) is 26.4 Å². The molecule has 0 aromatic heterocycles. The zero-order valence-corrected chi connectivity index (χ0v) is 23.6. The van der Waals surface area contributed by atoms with Crippen LogP contribution in [0.2, 0.25) is 0 Å². The number of unbranched alkanes of at least 4 members (excludes halogenated alkanes) is 3. The molecular formula is C26H44N2O10. The van der Waals surface area contributed by atoms with Gasteiger partial charge in [0.2, 0.25) is 22.6 Å². The van der Waals surface area contributed by atoms with E-state index in [1.165, 1.54) is 0 Å². The van der Waals surface area contributed by atoms with Crippen LogP contribution in [0.5, 0.6) is 0 Å². The molecule has 38 heavy (non-hydrogen) atoms. The number of rotatable bonds is 19. The molecule has 0 aromatic rings. The molecule has 0 spiro atoms. The fourth-order valence-corrected chi connectivity index (χ4v) is 3.76. The van der Waals surface area contributed by atoms with E-state index in [9.17, 15) is 28.8 Å². The molecule has 0 aromatic carbocycles. The second-order valence-corrected chi connectivity index (χ2v) is 8.33. The van der Waals surface area contributed by atoms with Gasteiger partial charge in [0.25, 0.3) is 0 Å². The van der Waals surface area contributed by atoms with E-state index >= 15 is 0 Å². The van der Waals surface area contributed by atoms with Crippen LogP contribution in [-0.2, 0) is 47.7 Å². The summed E-state index contributed by atoms with van der Waals surface area (Å²) in [6, 6.07) is 0. The highest BCUT2D eigenvalue weighted by molar-refractivity contribution is 6.20. The number of carbonyl (C=O) groups excluding carboxylic acids is 6. The van der Waals surface area contributed by atoms with Crippen LogP contribution >= 0.6 is 0 Å². The van der Waals surface area contributed by atoms with Crippen molar-refractivity contribution in [1.82, 2.24) is 10.6 Å². The Bertz CT molecular complexity index is 710. The van der Waals surface area contributed by atoms with Gasteiger partial charge < -0.3 is 29.6 Å². The van der Waals surface area contributed by atoms with E-state index in [1.54, 1.807) is 41.5 Å². The number of carbonyl (C=O) groups is 6. The van der Waals surface area contributed by atoms with Crippen molar-refractivity contribution in [2.45, 2.75) is 80.1 Å². The fourth-order valence-electron chi connectivity index (χ4n) is 3.76. The summed E-state index contributed by atoms with van der Waals surface area (Å²) in [6.45, 7) is 9.92. The van der Waals surface area contributed by atoms with Crippen molar-refractivity contribution in [2.75, 3.05) is 39.5 Å². The minimum atomic E-state index is -2.06. The van der Waals surface area contributed by atoms with Crippen LogP contribution in [-0.4, -0.2) is 75.2 Å². The van der Waals surface area contributed by atoms with E-state index in [1.807, 2.05) is 0 Å². The summed E-state index contributed by atoms with van der Waals surface area (Å²) in [5, 5.41) is 5.25. The molecule has 0 heterocycles. The van der Waals surface area contributed by atoms with Crippen molar-refractivity contribution in [2.24, 2.45) is 10.8 Å². The number of amides is 2. The van der Waals surface area contributed by atoms with Gasteiger partial charge in [-0.05, 0) is 53.4 Å². The number of esters is 4. The highest BCUT2D eigenvalue weighted by atomic mass is 16.6. The van der Waals surface area contributed by atoms with E-state index in [2.05, 4.69) is 10.6 Å². The topological polar surface area (TPSA) is 163 Å². The SMILES string of the molecule is CCOC(=O)C(CC)(C(=O)NCCCCCCNC(=O)C(CC)(C(=O)OCC)C(=O)OCC)C(=O)OCC. The van der Waals surface area contributed by atoms with Crippen molar-refractivity contribution < 1.29 is 47.7 Å². The van der Waals surface area contributed by atoms with Crippen LogP contribution in [0.1, 0.15) is 80.1 Å². The van der Waals surface area contributed by atoms with Gasteiger partial charge in [-0.2, -0.15) is 0 Å². The van der Waals surface area contributed by atoms with Gasteiger partial charge in [-0.15, -0.1) is 0 Å². The lowest BCUT2D eigenvalue weighted by molar-refractivity contribution is -0.178. The third-order valence-electron chi connectivity index (χ3n) is 6.01. The molecule has 218 valence electrons. The van der Waals surface area contributed by atoms with E-state index < -0.39 is 46.5 Å². The Hall–Kier alpha value is -3.18. The highest BCUT2D eigenvalue weighted by Gasteiger charge is 2.55. The lowest BCUT2D eigenvalue weighted by atomic mass is 9.83. The van der Waals surface area contributed by atoms with Crippen molar-refractivity contribution in [3.8, 4) is 0 Å². The molecule has 0 atom stereocenters. The monoisotopic (exact) mass is 544 g/mol. The van der Waals surface area contributed by atoms with Crippen LogP contribution in [0.4, 0.5) is 0 Å². The Morgan fingerprint density at radius 1 is 0.474 bits per heavy atom. The Balaban J connectivity index is 4.83. The molecule has 0 radical (unpaired) electrons. The molecule has 2 amide bonds. The Labute approximate surface area is 224 Å².